The Labute approximate surface area is 114 Å². The first-order chi connectivity index (χ1) is 9.20. The van der Waals surface area contributed by atoms with E-state index in [9.17, 15) is 4.79 Å². The lowest BCUT2D eigenvalue weighted by molar-refractivity contribution is -0.144. The molecule has 4 heteroatoms. The molecule has 1 aromatic rings. The van der Waals surface area contributed by atoms with Gasteiger partial charge in [-0.15, -0.1) is 0 Å². The minimum Gasteiger partial charge on any atom is -0.464 e. The molecule has 1 aromatic heterocycles. The minimum absolute atomic E-state index is 0.120. The van der Waals surface area contributed by atoms with Crippen LogP contribution in [-0.2, 0) is 22.5 Å². The number of aromatic nitrogens is 1. The van der Waals surface area contributed by atoms with Crippen LogP contribution in [0.5, 0.6) is 0 Å². The Morgan fingerprint density at radius 2 is 2.32 bits per heavy atom. The average molecular weight is 264 g/mol. The molecule has 0 saturated heterocycles. The van der Waals surface area contributed by atoms with E-state index in [0.717, 1.165) is 25.7 Å². The van der Waals surface area contributed by atoms with Crippen LogP contribution in [0.25, 0.3) is 0 Å². The number of esters is 1. The molecule has 2 rings (SSSR count). The highest BCUT2D eigenvalue weighted by Gasteiger charge is 2.18. The molecular weight excluding hydrogens is 240 g/mol. The van der Waals surface area contributed by atoms with Crippen LogP contribution in [-0.4, -0.2) is 17.1 Å². The van der Waals surface area contributed by atoms with Crippen molar-refractivity contribution in [1.82, 2.24) is 4.57 Å². The molecule has 0 radical (unpaired) electrons. The monoisotopic (exact) mass is 264 g/mol. The van der Waals surface area contributed by atoms with Crippen molar-refractivity contribution in [2.24, 2.45) is 5.73 Å². The smallest absolute Gasteiger partial charge is 0.325 e. The Kier molecular flexibility index (Phi) is 5.02. The first kappa shape index (κ1) is 14.1. The number of ether oxygens (including phenoxy) is 1. The van der Waals surface area contributed by atoms with Crippen LogP contribution in [0, 0.1) is 0 Å². The van der Waals surface area contributed by atoms with Crippen molar-refractivity contribution in [3.05, 3.63) is 23.5 Å². The maximum atomic E-state index is 11.7. The fourth-order valence-electron chi connectivity index (χ4n) is 2.57. The summed E-state index contributed by atoms with van der Waals surface area (Å²) in [6.45, 7) is 2.90. The molecule has 1 atom stereocenters. The summed E-state index contributed by atoms with van der Waals surface area (Å²) in [5, 5.41) is 0. The number of unbranched alkanes of at least 4 members (excludes halogenated alkanes) is 1. The van der Waals surface area contributed by atoms with Gasteiger partial charge in [0.2, 0.25) is 0 Å². The van der Waals surface area contributed by atoms with Gasteiger partial charge in [-0.05, 0) is 36.8 Å². The number of carbonyl (C=O) groups is 1. The van der Waals surface area contributed by atoms with Gasteiger partial charge in [0.05, 0.1) is 6.61 Å². The van der Waals surface area contributed by atoms with Crippen molar-refractivity contribution >= 4 is 5.97 Å². The summed E-state index contributed by atoms with van der Waals surface area (Å²) >= 11 is 0. The average Bonchev–Trinajstić information content (AvgIpc) is 2.70. The third-order valence-electron chi connectivity index (χ3n) is 3.68. The van der Waals surface area contributed by atoms with Crippen LogP contribution in [0.3, 0.4) is 0 Å². The van der Waals surface area contributed by atoms with Gasteiger partial charge in [-0.1, -0.05) is 19.8 Å². The summed E-state index contributed by atoms with van der Waals surface area (Å²) in [7, 11) is 0. The van der Waals surface area contributed by atoms with E-state index in [0.29, 0.717) is 13.2 Å². The second-order valence-corrected chi connectivity index (χ2v) is 5.34. The molecule has 1 aliphatic rings. The number of nitrogens with zero attached hydrogens (tertiary/aromatic N) is 1. The molecule has 2 N–H and O–H groups in total. The van der Waals surface area contributed by atoms with Crippen LogP contribution in [0.4, 0.5) is 0 Å². The third kappa shape index (κ3) is 3.83. The largest absolute Gasteiger partial charge is 0.464 e. The van der Waals surface area contributed by atoms with Crippen LogP contribution in [0.2, 0.25) is 0 Å². The minimum atomic E-state index is -0.160. The number of fused-ring (bicyclic) bond motifs is 1. The standard InChI is InChI=1S/C15H24N2O2/c1-2-3-8-19-15(18)11-17-9-12-6-4-5-7-14(16)13(12)10-17/h9-10,14H,2-8,11,16H2,1H3. The molecule has 0 aliphatic heterocycles. The predicted molar refractivity (Wildman–Crippen MR) is 74.8 cm³/mol. The summed E-state index contributed by atoms with van der Waals surface area (Å²) in [5.74, 6) is -0.160. The van der Waals surface area contributed by atoms with Crippen LogP contribution in [0.1, 0.15) is 56.2 Å². The second kappa shape index (κ2) is 6.75. The molecular formula is C15H24N2O2. The van der Waals surface area contributed by atoms with E-state index in [2.05, 4.69) is 13.1 Å². The molecule has 1 heterocycles. The maximum absolute atomic E-state index is 11.7. The molecule has 0 saturated carbocycles. The molecule has 0 amide bonds. The number of hydrogen-bond acceptors (Lipinski definition) is 3. The van der Waals surface area contributed by atoms with Crippen molar-refractivity contribution in [1.29, 1.82) is 0 Å². The van der Waals surface area contributed by atoms with Gasteiger partial charge in [0.15, 0.2) is 0 Å². The Morgan fingerprint density at radius 3 is 3.11 bits per heavy atom. The van der Waals surface area contributed by atoms with Gasteiger partial charge in [-0.25, -0.2) is 0 Å². The Balaban J connectivity index is 1.95. The quantitative estimate of drug-likeness (QED) is 0.505. The van der Waals surface area contributed by atoms with E-state index < -0.39 is 0 Å². The van der Waals surface area contributed by atoms with Crippen molar-refractivity contribution in [2.45, 2.75) is 58.0 Å². The van der Waals surface area contributed by atoms with Crippen LogP contribution >= 0.6 is 0 Å². The fourth-order valence-corrected chi connectivity index (χ4v) is 2.57. The Bertz CT molecular complexity index is 426. The molecule has 1 unspecified atom stereocenters. The summed E-state index contributed by atoms with van der Waals surface area (Å²) in [6, 6.07) is 0.120. The predicted octanol–water partition coefficient (Wildman–Crippen LogP) is 2.56. The van der Waals surface area contributed by atoms with E-state index in [4.69, 9.17) is 10.5 Å². The molecule has 1 aliphatic carbocycles. The number of nitrogens with two attached hydrogens (primary N) is 1. The Hall–Kier alpha value is -1.29. The number of hydrogen-bond donors (Lipinski definition) is 1. The van der Waals surface area contributed by atoms with Gasteiger partial charge in [0.1, 0.15) is 6.54 Å². The number of rotatable bonds is 5. The van der Waals surface area contributed by atoms with E-state index >= 15 is 0 Å². The highest BCUT2D eigenvalue weighted by molar-refractivity contribution is 5.69. The molecule has 0 aromatic carbocycles. The lowest BCUT2D eigenvalue weighted by atomic mass is 10.1. The van der Waals surface area contributed by atoms with Crippen molar-refractivity contribution < 1.29 is 9.53 Å². The van der Waals surface area contributed by atoms with Crippen molar-refractivity contribution in [3.8, 4) is 0 Å². The topological polar surface area (TPSA) is 57.2 Å². The number of carbonyl (C=O) groups excluding carboxylic acids is 1. The molecule has 106 valence electrons. The maximum Gasteiger partial charge on any atom is 0.325 e. The van der Waals surface area contributed by atoms with Gasteiger partial charge < -0.3 is 15.0 Å². The second-order valence-electron chi connectivity index (χ2n) is 5.34. The third-order valence-corrected chi connectivity index (χ3v) is 3.68. The van der Waals surface area contributed by atoms with Crippen LogP contribution < -0.4 is 5.73 Å². The highest BCUT2D eigenvalue weighted by Crippen LogP contribution is 2.27. The van der Waals surface area contributed by atoms with E-state index in [1.807, 2.05) is 10.8 Å². The zero-order chi connectivity index (χ0) is 13.7. The van der Waals surface area contributed by atoms with Crippen molar-refractivity contribution in [2.75, 3.05) is 6.61 Å². The fraction of sp³-hybridized carbons (Fsp3) is 0.667. The summed E-state index contributed by atoms with van der Waals surface area (Å²) < 4.78 is 7.10. The van der Waals surface area contributed by atoms with E-state index in [-0.39, 0.29) is 12.0 Å². The van der Waals surface area contributed by atoms with E-state index in [1.165, 1.54) is 24.0 Å². The normalized spacial score (nSPS) is 18.7. The highest BCUT2D eigenvalue weighted by atomic mass is 16.5. The van der Waals surface area contributed by atoms with E-state index in [1.54, 1.807) is 0 Å². The molecule has 4 nitrogen and oxygen atoms in total. The van der Waals surface area contributed by atoms with Gasteiger partial charge in [0.25, 0.3) is 0 Å². The first-order valence-corrected chi connectivity index (χ1v) is 7.30. The Morgan fingerprint density at radius 1 is 1.47 bits per heavy atom. The molecule has 0 fully saturated rings. The first-order valence-electron chi connectivity index (χ1n) is 7.30. The van der Waals surface area contributed by atoms with Crippen LogP contribution in [0.15, 0.2) is 12.4 Å². The van der Waals surface area contributed by atoms with Crippen molar-refractivity contribution in [3.63, 3.8) is 0 Å². The molecule has 19 heavy (non-hydrogen) atoms. The lowest BCUT2D eigenvalue weighted by Crippen LogP contribution is -2.13. The molecule has 0 spiro atoms. The van der Waals surface area contributed by atoms with Gasteiger partial charge in [0, 0.05) is 18.4 Å². The van der Waals surface area contributed by atoms with Gasteiger partial charge in [-0.2, -0.15) is 0 Å². The summed E-state index contributed by atoms with van der Waals surface area (Å²) in [5.41, 5.74) is 8.66. The van der Waals surface area contributed by atoms with Gasteiger partial charge in [-0.3, -0.25) is 4.79 Å². The van der Waals surface area contributed by atoms with Gasteiger partial charge >= 0.3 is 5.97 Å². The lowest BCUT2D eigenvalue weighted by Gasteiger charge is -2.07. The summed E-state index contributed by atoms with van der Waals surface area (Å²) in [6.07, 6.45) is 10.5. The summed E-state index contributed by atoms with van der Waals surface area (Å²) in [4.78, 5) is 11.7. The number of aryl methyl sites for hydroxylation is 1. The zero-order valence-electron chi connectivity index (χ0n) is 11.7. The zero-order valence-corrected chi connectivity index (χ0v) is 11.7. The SMILES string of the molecule is CCCCOC(=O)Cn1cc2c(c1)C(N)CCCC2. The molecule has 0 bridgehead atoms.